The van der Waals surface area contributed by atoms with E-state index in [2.05, 4.69) is 17.5 Å². The number of hydrogen-bond donors (Lipinski definition) is 3. The van der Waals surface area contributed by atoms with E-state index >= 15 is 0 Å². The maximum absolute atomic E-state index is 12.7. The monoisotopic (exact) mass is 291 g/mol. The van der Waals surface area contributed by atoms with Gasteiger partial charge in [-0.1, -0.05) is 12.2 Å². The normalized spacial score (nSPS) is 11.1. The van der Waals surface area contributed by atoms with Gasteiger partial charge in [-0.25, -0.2) is 0 Å². The number of alkyl halides is 3. The molecule has 0 aliphatic rings. The van der Waals surface area contributed by atoms with Crippen LogP contribution in [0.25, 0.3) is 0 Å². The summed E-state index contributed by atoms with van der Waals surface area (Å²) in [6.07, 6.45) is -4.45. The van der Waals surface area contributed by atoms with Crippen molar-refractivity contribution in [3.63, 3.8) is 0 Å². The molecule has 0 unspecified atom stereocenters. The number of halogens is 3. The molecule has 104 valence electrons. The third-order valence-corrected chi connectivity index (χ3v) is 2.51. The van der Waals surface area contributed by atoms with Gasteiger partial charge >= 0.3 is 6.18 Å². The maximum Gasteiger partial charge on any atom is 0.417 e. The molecule has 0 aliphatic heterocycles. The van der Waals surface area contributed by atoms with Crippen LogP contribution in [0.4, 0.5) is 18.9 Å². The molecule has 1 amide bonds. The predicted molar refractivity (Wildman–Crippen MR) is 69.6 cm³/mol. The van der Waals surface area contributed by atoms with E-state index in [0.717, 1.165) is 6.07 Å². The van der Waals surface area contributed by atoms with E-state index in [0.29, 0.717) is 5.69 Å². The first-order valence-corrected chi connectivity index (χ1v) is 5.66. The first kappa shape index (κ1) is 15.2. The van der Waals surface area contributed by atoms with Gasteiger partial charge < -0.3 is 16.8 Å². The summed E-state index contributed by atoms with van der Waals surface area (Å²) in [5.41, 5.74) is 9.47. The van der Waals surface area contributed by atoms with Gasteiger partial charge in [-0.3, -0.25) is 4.79 Å². The van der Waals surface area contributed by atoms with Crippen LogP contribution < -0.4 is 16.8 Å². The van der Waals surface area contributed by atoms with Gasteiger partial charge in [0.15, 0.2) is 0 Å². The Balaban J connectivity index is 2.97. The third kappa shape index (κ3) is 4.40. The van der Waals surface area contributed by atoms with Crippen molar-refractivity contribution in [2.45, 2.75) is 12.6 Å². The Kier molecular flexibility index (Phi) is 4.71. The first-order valence-electron chi connectivity index (χ1n) is 5.25. The SMILES string of the molecule is NC(=O)CCNc1ccc(C(F)(F)F)c(C(N)=S)c1. The summed E-state index contributed by atoms with van der Waals surface area (Å²) in [6, 6.07) is 3.33. The number of rotatable bonds is 5. The molecule has 0 aliphatic carbocycles. The van der Waals surface area contributed by atoms with Gasteiger partial charge in [-0.2, -0.15) is 13.2 Å². The lowest BCUT2D eigenvalue weighted by Crippen LogP contribution is -2.19. The molecule has 4 nitrogen and oxygen atoms in total. The van der Waals surface area contributed by atoms with E-state index in [9.17, 15) is 18.0 Å². The second kappa shape index (κ2) is 5.87. The molecular weight excluding hydrogens is 279 g/mol. The van der Waals surface area contributed by atoms with E-state index in [1.54, 1.807) is 0 Å². The van der Waals surface area contributed by atoms with Crippen LogP contribution in [0, 0.1) is 0 Å². The molecule has 1 aromatic carbocycles. The number of hydrogen-bond acceptors (Lipinski definition) is 3. The number of amides is 1. The van der Waals surface area contributed by atoms with Crippen LogP contribution in [0.5, 0.6) is 0 Å². The summed E-state index contributed by atoms with van der Waals surface area (Å²) in [5.74, 6) is -0.506. The van der Waals surface area contributed by atoms with Crippen molar-refractivity contribution in [3.8, 4) is 0 Å². The fraction of sp³-hybridized carbons (Fsp3) is 0.273. The van der Waals surface area contributed by atoms with Gasteiger partial charge in [-0.05, 0) is 18.2 Å². The smallest absolute Gasteiger partial charge is 0.389 e. The van der Waals surface area contributed by atoms with Gasteiger partial charge in [0, 0.05) is 24.2 Å². The summed E-state index contributed by atoms with van der Waals surface area (Å²) >= 11 is 4.61. The minimum atomic E-state index is -4.52. The summed E-state index contributed by atoms with van der Waals surface area (Å²) in [4.78, 5) is 10.2. The Labute approximate surface area is 113 Å². The molecule has 0 atom stereocenters. The third-order valence-electron chi connectivity index (χ3n) is 2.29. The second-order valence-corrected chi connectivity index (χ2v) is 4.21. The van der Waals surface area contributed by atoms with Crippen LogP contribution in [0.2, 0.25) is 0 Å². The molecule has 0 radical (unpaired) electrons. The van der Waals surface area contributed by atoms with Crippen LogP contribution in [-0.2, 0) is 11.0 Å². The fourth-order valence-electron chi connectivity index (χ4n) is 1.44. The van der Waals surface area contributed by atoms with Crippen LogP contribution >= 0.6 is 12.2 Å². The molecule has 0 saturated heterocycles. The quantitative estimate of drug-likeness (QED) is 0.720. The van der Waals surface area contributed by atoms with Crippen molar-refractivity contribution in [3.05, 3.63) is 29.3 Å². The molecule has 0 saturated carbocycles. The number of primary amides is 1. The molecule has 0 bridgehead atoms. The number of thiocarbonyl (C=S) groups is 1. The summed E-state index contributed by atoms with van der Waals surface area (Å²) in [7, 11) is 0. The topological polar surface area (TPSA) is 81.1 Å². The minimum Gasteiger partial charge on any atom is -0.389 e. The number of carbonyl (C=O) groups is 1. The summed E-state index contributed by atoms with van der Waals surface area (Å²) in [6.45, 7) is 0.220. The number of carbonyl (C=O) groups excluding carboxylic acids is 1. The first-order chi connectivity index (χ1) is 8.71. The van der Waals surface area contributed by atoms with E-state index in [1.807, 2.05) is 0 Å². The van der Waals surface area contributed by atoms with Crippen molar-refractivity contribution in [1.29, 1.82) is 0 Å². The van der Waals surface area contributed by atoms with Crippen LogP contribution in [0.15, 0.2) is 18.2 Å². The lowest BCUT2D eigenvalue weighted by molar-refractivity contribution is -0.137. The molecule has 0 heterocycles. The molecule has 0 aromatic heterocycles. The number of benzene rings is 1. The predicted octanol–water partition coefficient (Wildman–Crippen LogP) is 1.63. The highest BCUT2D eigenvalue weighted by Gasteiger charge is 2.33. The maximum atomic E-state index is 12.7. The van der Waals surface area contributed by atoms with Crippen molar-refractivity contribution in [1.82, 2.24) is 0 Å². The van der Waals surface area contributed by atoms with Gasteiger partial charge in [0.05, 0.1) is 5.56 Å². The van der Waals surface area contributed by atoms with Gasteiger partial charge in [0.2, 0.25) is 5.91 Å². The van der Waals surface area contributed by atoms with Crippen molar-refractivity contribution < 1.29 is 18.0 Å². The average molecular weight is 291 g/mol. The number of nitrogens with two attached hydrogens (primary N) is 2. The average Bonchev–Trinajstić information content (AvgIpc) is 2.26. The number of nitrogens with one attached hydrogen (secondary N) is 1. The molecule has 5 N–H and O–H groups in total. The highest BCUT2D eigenvalue weighted by atomic mass is 32.1. The van der Waals surface area contributed by atoms with E-state index in [-0.39, 0.29) is 23.5 Å². The Morgan fingerprint density at radius 3 is 2.42 bits per heavy atom. The van der Waals surface area contributed by atoms with E-state index in [1.165, 1.54) is 12.1 Å². The molecule has 8 heteroatoms. The zero-order valence-corrected chi connectivity index (χ0v) is 10.6. The zero-order valence-electron chi connectivity index (χ0n) is 9.75. The fourth-order valence-corrected chi connectivity index (χ4v) is 1.60. The Hall–Kier alpha value is -1.83. The molecule has 1 aromatic rings. The summed E-state index contributed by atoms with van der Waals surface area (Å²) < 4.78 is 38.1. The highest BCUT2D eigenvalue weighted by molar-refractivity contribution is 7.80. The minimum absolute atomic E-state index is 0.0728. The van der Waals surface area contributed by atoms with Crippen molar-refractivity contribution in [2.75, 3.05) is 11.9 Å². The lowest BCUT2D eigenvalue weighted by atomic mass is 10.1. The molecule has 1 rings (SSSR count). The van der Waals surface area contributed by atoms with Gasteiger partial charge in [-0.15, -0.1) is 0 Å². The molecule has 0 spiro atoms. The van der Waals surface area contributed by atoms with E-state index < -0.39 is 17.6 Å². The molecule has 0 fully saturated rings. The standard InChI is InChI=1S/C11H12F3N3OS/c12-11(13,14)8-2-1-6(5-7(8)10(16)19)17-4-3-9(15)18/h1-2,5,17H,3-4H2,(H2,15,18)(H2,16,19). The van der Waals surface area contributed by atoms with Crippen LogP contribution in [-0.4, -0.2) is 17.4 Å². The zero-order chi connectivity index (χ0) is 14.6. The number of anilines is 1. The Bertz CT molecular complexity index is 502. The van der Waals surface area contributed by atoms with Gasteiger partial charge in [0.25, 0.3) is 0 Å². The molecular formula is C11H12F3N3OS. The highest BCUT2D eigenvalue weighted by Crippen LogP contribution is 2.33. The van der Waals surface area contributed by atoms with Crippen molar-refractivity contribution >= 4 is 28.8 Å². The molecule has 19 heavy (non-hydrogen) atoms. The Morgan fingerprint density at radius 2 is 1.95 bits per heavy atom. The Morgan fingerprint density at radius 1 is 1.32 bits per heavy atom. The van der Waals surface area contributed by atoms with Crippen molar-refractivity contribution in [2.24, 2.45) is 11.5 Å². The second-order valence-electron chi connectivity index (χ2n) is 3.77. The van der Waals surface area contributed by atoms with E-state index in [4.69, 9.17) is 11.5 Å². The lowest BCUT2D eigenvalue weighted by Gasteiger charge is -2.14. The van der Waals surface area contributed by atoms with Crippen LogP contribution in [0.1, 0.15) is 17.5 Å². The largest absolute Gasteiger partial charge is 0.417 e. The van der Waals surface area contributed by atoms with Crippen LogP contribution in [0.3, 0.4) is 0 Å². The van der Waals surface area contributed by atoms with Gasteiger partial charge in [0.1, 0.15) is 4.99 Å². The summed E-state index contributed by atoms with van der Waals surface area (Å²) in [5, 5.41) is 2.77.